The van der Waals surface area contributed by atoms with Crippen LogP contribution in [0.5, 0.6) is 0 Å². The normalized spacial score (nSPS) is 21.3. The van der Waals surface area contributed by atoms with E-state index >= 15 is 0 Å². The van der Waals surface area contributed by atoms with Gasteiger partial charge in [-0.05, 0) is 49.3 Å². The van der Waals surface area contributed by atoms with Crippen LogP contribution in [0.2, 0.25) is 0 Å². The SMILES string of the molecule is Cn1c(N2CCC3(CCCC3N)CC2)ncc(Sc2ccn3nccc3c2)c1=O. The van der Waals surface area contributed by atoms with Crippen molar-refractivity contribution in [2.75, 3.05) is 18.0 Å². The van der Waals surface area contributed by atoms with Crippen LogP contribution in [-0.4, -0.2) is 38.3 Å². The Hall–Kier alpha value is -2.32. The average Bonchev–Trinajstić information content (AvgIpc) is 3.33. The molecule has 3 aromatic rings. The van der Waals surface area contributed by atoms with Crippen LogP contribution < -0.4 is 16.2 Å². The van der Waals surface area contributed by atoms with Gasteiger partial charge in [-0.2, -0.15) is 5.10 Å². The molecule has 3 aromatic heterocycles. The van der Waals surface area contributed by atoms with Crippen LogP contribution in [0.3, 0.4) is 0 Å². The Morgan fingerprint density at radius 2 is 2.07 bits per heavy atom. The van der Waals surface area contributed by atoms with E-state index in [2.05, 4.69) is 15.0 Å². The van der Waals surface area contributed by atoms with Crippen molar-refractivity contribution in [3.05, 3.63) is 47.1 Å². The number of aromatic nitrogens is 4. The first kappa shape index (κ1) is 18.7. The second-order valence-electron chi connectivity index (χ2n) is 8.30. The van der Waals surface area contributed by atoms with Gasteiger partial charge in [0, 0.05) is 43.5 Å². The van der Waals surface area contributed by atoms with Crippen molar-refractivity contribution in [2.45, 2.75) is 47.9 Å². The number of pyridine rings is 1. The van der Waals surface area contributed by atoms with Gasteiger partial charge in [-0.1, -0.05) is 18.2 Å². The van der Waals surface area contributed by atoms with E-state index in [1.807, 2.05) is 36.0 Å². The van der Waals surface area contributed by atoms with E-state index in [0.29, 0.717) is 16.4 Å². The number of nitrogens with zero attached hydrogens (tertiary/aromatic N) is 5. The van der Waals surface area contributed by atoms with Gasteiger partial charge in [0.15, 0.2) is 0 Å². The van der Waals surface area contributed by atoms with Crippen LogP contribution in [-0.2, 0) is 7.05 Å². The maximum Gasteiger partial charge on any atom is 0.268 e. The smallest absolute Gasteiger partial charge is 0.268 e. The monoisotopic (exact) mass is 410 g/mol. The summed E-state index contributed by atoms with van der Waals surface area (Å²) in [5, 5.41) is 4.21. The number of hydrogen-bond acceptors (Lipinski definition) is 6. The molecule has 1 aliphatic heterocycles. The van der Waals surface area contributed by atoms with Crippen molar-refractivity contribution < 1.29 is 0 Å². The van der Waals surface area contributed by atoms with Gasteiger partial charge in [0.05, 0.1) is 16.6 Å². The first-order valence-electron chi connectivity index (χ1n) is 10.2. The lowest BCUT2D eigenvalue weighted by Crippen LogP contribution is -2.48. The molecule has 1 aliphatic carbocycles. The average molecular weight is 411 g/mol. The molecule has 1 spiro atoms. The van der Waals surface area contributed by atoms with E-state index < -0.39 is 0 Å². The molecule has 0 bridgehead atoms. The van der Waals surface area contributed by atoms with Crippen molar-refractivity contribution in [2.24, 2.45) is 18.2 Å². The summed E-state index contributed by atoms with van der Waals surface area (Å²) in [6.07, 6.45) is 11.2. The zero-order valence-electron chi connectivity index (χ0n) is 16.6. The molecular formula is C21H26N6OS. The number of rotatable bonds is 3. The van der Waals surface area contributed by atoms with Crippen LogP contribution >= 0.6 is 11.8 Å². The standard InChI is InChI=1S/C21H26N6OS/c1-25-19(28)17(29-16-5-10-27-15(13-16)4-9-24-27)14-23-20(25)26-11-7-21(8-12-26)6-2-3-18(21)22/h4-5,9-10,13-14,18H,2-3,6-8,11-12,22H2,1H3. The van der Waals surface area contributed by atoms with Crippen molar-refractivity contribution in [1.29, 1.82) is 0 Å². The molecule has 1 unspecified atom stereocenters. The van der Waals surface area contributed by atoms with Crippen LogP contribution in [0, 0.1) is 5.41 Å². The van der Waals surface area contributed by atoms with E-state index in [9.17, 15) is 4.79 Å². The summed E-state index contributed by atoms with van der Waals surface area (Å²) < 4.78 is 3.50. The van der Waals surface area contributed by atoms with E-state index in [-0.39, 0.29) is 5.56 Å². The number of anilines is 1. The first-order valence-corrected chi connectivity index (χ1v) is 11.1. The molecule has 5 rings (SSSR count). The molecule has 7 nitrogen and oxygen atoms in total. The Balaban J connectivity index is 1.35. The first-order chi connectivity index (χ1) is 14.1. The van der Waals surface area contributed by atoms with Crippen LogP contribution in [0.15, 0.2) is 51.4 Å². The van der Waals surface area contributed by atoms with Gasteiger partial charge >= 0.3 is 0 Å². The molecule has 29 heavy (non-hydrogen) atoms. The fourth-order valence-electron chi connectivity index (χ4n) is 4.91. The van der Waals surface area contributed by atoms with Crippen LogP contribution in [0.1, 0.15) is 32.1 Å². The minimum atomic E-state index is -0.00812. The number of nitrogens with two attached hydrogens (primary N) is 1. The molecule has 2 fully saturated rings. The quantitative estimate of drug-likeness (QED) is 0.715. The summed E-state index contributed by atoms with van der Waals surface area (Å²) in [6.45, 7) is 1.83. The highest BCUT2D eigenvalue weighted by atomic mass is 32.2. The Labute approximate surface area is 173 Å². The van der Waals surface area contributed by atoms with Gasteiger partial charge in [-0.25, -0.2) is 9.50 Å². The minimum absolute atomic E-state index is 0.00812. The van der Waals surface area contributed by atoms with E-state index in [1.165, 1.54) is 24.6 Å². The highest BCUT2D eigenvalue weighted by Crippen LogP contribution is 2.45. The summed E-state index contributed by atoms with van der Waals surface area (Å²) in [5.41, 5.74) is 7.70. The molecule has 152 valence electrons. The molecule has 2 N–H and O–H groups in total. The molecule has 0 amide bonds. The summed E-state index contributed by atoms with van der Waals surface area (Å²) >= 11 is 1.45. The summed E-state index contributed by atoms with van der Waals surface area (Å²) in [5.74, 6) is 0.756. The zero-order chi connectivity index (χ0) is 20.0. The Morgan fingerprint density at radius 3 is 2.83 bits per heavy atom. The third-order valence-corrected chi connectivity index (χ3v) is 7.72. The third-order valence-electron chi connectivity index (χ3n) is 6.73. The molecule has 1 saturated carbocycles. The second kappa shape index (κ2) is 7.18. The largest absolute Gasteiger partial charge is 0.342 e. The molecule has 2 aliphatic rings. The maximum absolute atomic E-state index is 13.0. The van der Waals surface area contributed by atoms with Crippen molar-refractivity contribution in [3.63, 3.8) is 0 Å². The lowest BCUT2D eigenvalue weighted by atomic mass is 9.74. The lowest BCUT2D eigenvalue weighted by molar-refractivity contribution is 0.196. The van der Waals surface area contributed by atoms with Gasteiger partial charge in [-0.3, -0.25) is 9.36 Å². The summed E-state index contributed by atoms with van der Waals surface area (Å²) in [6, 6.07) is 6.27. The Kier molecular flexibility index (Phi) is 4.63. The summed E-state index contributed by atoms with van der Waals surface area (Å²) in [7, 11) is 1.82. The third kappa shape index (κ3) is 3.24. The molecule has 4 heterocycles. The Bertz CT molecular complexity index is 1100. The highest BCUT2D eigenvalue weighted by molar-refractivity contribution is 7.99. The van der Waals surface area contributed by atoms with E-state index in [0.717, 1.165) is 48.7 Å². The fourth-order valence-corrected chi connectivity index (χ4v) is 5.80. The predicted octanol–water partition coefficient (Wildman–Crippen LogP) is 2.68. The van der Waals surface area contributed by atoms with Gasteiger partial charge in [0.25, 0.3) is 5.56 Å². The van der Waals surface area contributed by atoms with E-state index in [4.69, 9.17) is 5.73 Å². The molecule has 1 atom stereocenters. The van der Waals surface area contributed by atoms with Crippen molar-refractivity contribution in [3.8, 4) is 0 Å². The topological polar surface area (TPSA) is 81.4 Å². The van der Waals surface area contributed by atoms with Crippen LogP contribution in [0.25, 0.3) is 5.52 Å². The molecule has 0 radical (unpaired) electrons. The number of hydrogen-bond donors (Lipinski definition) is 1. The number of fused-ring (bicyclic) bond motifs is 1. The minimum Gasteiger partial charge on any atom is -0.342 e. The highest BCUT2D eigenvalue weighted by Gasteiger charge is 2.43. The van der Waals surface area contributed by atoms with Gasteiger partial charge in [0.1, 0.15) is 0 Å². The predicted molar refractivity (Wildman–Crippen MR) is 114 cm³/mol. The van der Waals surface area contributed by atoms with Crippen molar-refractivity contribution >= 4 is 23.2 Å². The van der Waals surface area contributed by atoms with Crippen LogP contribution in [0.4, 0.5) is 5.95 Å². The Morgan fingerprint density at radius 1 is 1.24 bits per heavy atom. The molecule has 1 saturated heterocycles. The summed E-state index contributed by atoms with van der Waals surface area (Å²) in [4.78, 5) is 21.5. The molecular weight excluding hydrogens is 384 g/mol. The lowest BCUT2D eigenvalue weighted by Gasteiger charge is -2.42. The van der Waals surface area contributed by atoms with Crippen molar-refractivity contribution in [1.82, 2.24) is 19.2 Å². The van der Waals surface area contributed by atoms with Gasteiger partial charge < -0.3 is 10.6 Å². The second-order valence-corrected chi connectivity index (χ2v) is 9.42. The fraction of sp³-hybridized carbons (Fsp3) is 0.476. The van der Waals surface area contributed by atoms with Gasteiger partial charge in [-0.15, -0.1) is 0 Å². The maximum atomic E-state index is 13.0. The molecule has 0 aromatic carbocycles. The molecule has 8 heteroatoms. The number of piperidine rings is 1. The zero-order valence-corrected chi connectivity index (χ0v) is 17.4. The van der Waals surface area contributed by atoms with E-state index in [1.54, 1.807) is 17.0 Å². The van der Waals surface area contributed by atoms with Gasteiger partial charge in [0.2, 0.25) is 5.95 Å².